The third-order valence-electron chi connectivity index (χ3n) is 3.31. The van der Waals surface area contributed by atoms with Crippen LogP contribution < -0.4 is 10.1 Å². The number of hydrogen-bond acceptors (Lipinski definition) is 8. The molecule has 1 aromatic carbocycles. The van der Waals surface area contributed by atoms with Crippen LogP contribution in [0.5, 0.6) is 11.8 Å². The number of thiazole rings is 1. The van der Waals surface area contributed by atoms with Gasteiger partial charge in [0.15, 0.2) is 0 Å². The molecular formula is C15H9BrN6O3S. The molecule has 0 spiro atoms. The minimum absolute atomic E-state index is 0.121. The summed E-state index contributed by atoms with van der Waals surface area (Å²) < 4.78 is 7.77. The Labute approximate surface area is 158 Å². The van der Waals surface area contributed by atoms with Gasteiger partial charge in [-0.05, 0) is 33.0 Å². The molecule has 0 aliphatic carbocycles. The molecule has 130 valence electrons. The highest BCUT2D eigenvalue weighted by Crippen LogP contribution is 2.31. The molecule has 1 N–H and O–H groups in total. The number of nitrogens with zero attached hydrogens (tertiary/aromatic N) is 5. The van der Waals surface area contributed by atoms with Crippen molar-refractivity contribution >= 4 is 49.6 Å². The van der Waals surface area contributed by atoms with Crippen LogP contribution in [0.2, 0.25) is 0 Å². The zero-order valence-electron chi connectivity index (χ0n) is 12.9. The van der Waals surface area contributed by atoms with E-state index < -0.39 is 4.92 Å². The van der Waals surface area contributed by atoms with Gasteiger partial charge in [-0.1, -0.05) is 17.4 Å². The third kappa shape index (κ3) is 3.21. The van der Waals surface area contributed by atoms with E-state index in [1.165, 1.54) is 15.7 Å². The van der Waals surface area contributed by atoms with Crippen LogP contribution >= 0.6 is 27.3 Å². The summed E-state index contributed by atoms with van der Waals surface area (Å²) >= 11 is 4.57. The fourth-order valence-corrected chi connectivity index (χ4v) is 3.18. The first-order chi connectivity index (χ1) is 12.6. The predicted octanol–water partition coefficient (Wildman–Crippen LogP) is 4.39. The van der Waals surface area contributed by atoms with Crippen molar-refractivity contribution < 1.29 is 9.66 Å². The van der Waals surface area contributed by atoms with Gasteiger partial charge in [-0.3, -0.25) is 0 Å². The maximum absolute atomic E-state index is 11.4. The monoisotopic (exact) mass is 432 g/mol. The molecule has 3 heterocycles. The second kappa shape index (κ2) is 6.69. The second-order valence-corrected chi connectivity index (χ2v) is 6.82. The largest absolute Gasteiger partial charge is 0.424 e. The van der Waals surface area contributed by atoms with E-state index in [-0.39, 0.29) is 17.6 Å². The number of nitro groups is 1. The Morgan fingerprint density at radius 3 is 2.88 bits per heavy atom. The first-order valence-electron chi connectivity index (χ1n) is 7.22. The maximum atomic E-state index is 11.4. The van der Waals surface area contributed by atoms with Gasteiger partial charge in [-0.25, -0.2) is 9.97 Å². The Balaban J connectivity index is 1.61. The van der Waals surface area contributed by atoms with Crippen LogP contribution in [0.1, 0.15) is 0 Å². The van der Waals surface area contributed by atoms with E-state index in [4.69, 9.17) is 4.74 Å². The van der Waals surface area contributed by atoms with Gasteiger partial charge in [-0.15, -0.1) is 0 Å². The van der Waals surface area contributed by atoms with E-state index in [0.29, 0.717) is 16.4 Å². The highest BCUT2D eigenvalue weighted by Gasteiger charge is 2.23. The highest BCUT2D eigenvalue weighted by molar-refractivity contribution is 9.10. The second-order valence-electron chi connectivity index (χ2n) is 5.04. The Kier molecular flexibility index (Phi) is 4.22. The Bertz CT molecular complexity index is 1090. The molecule has 0 bridgehead atoms. The zero-order valence-corrected chi connectivity index (χ0v) is 15.3. The molecule has 26 heavy (non-hydrogen) atoms. The minimum atomic E-state index is -0.467. The lowest BCUT2D eigenvalue weighted by Crippen LogP contribution is -1.98. The topological polar surface area (TPSA) is 107 Å². The van der Waals surface area contributed by atoms with Crippen LogP contribution in [-0.2, 0) is 0 Å². The van der Waals surface area contributed by atoms with Crippen molar-refractivity contribution in [3.8, 4) is 11.8 Å². The number of halogens is 1. The summed E-state index contributed by atoms with van der Waals surface area (Å²) in [6.07, 6.45) is 4.76. The molecule has 4 aromatic rings. The maximum Gasteiger partial charge on any atom is 0.373 e. The highest BCUT2D eigenvalue weighted by atomic mass is 79.9. The average molecular weight is 433 g/mol. The molecule has 4 rings (SSSR count). The molecular weight excluding hydrogens is 424 g/mol. The van der Waals surface area contributed by atoms with Crippen LogP contribution in [0.25, 0.3) is 4.96 Å². The number of hydrogen-bond donors (Lipinski definition) is 1. The van der Waals surface area contributed by atoms with Crippen molar-refractivity contribution in [3.05, 3.63) is 62.8 Å². The lowest BCUT2D eigenvalue weighted by Gasteiger charge is -2.07. The fourth-order valence-electron chi connectivity index (χ4n) is 2.26. The molecule has 11 heteroatoms. The Morgan fingerprint density at radius 2 is 2.12 bits per heavy atom. The van der Waals surface area contributed by atoms with Crippen molar-refractivity contribution in [2.24, 2.45) is 0 Å². The van der Waals surface area contributed by atoms with Crippen LogP contribution in [-0.4, -0.2) is 24.3 Å². The minimum Gasteiger partial charge on any atom is -0.424 e. The van der Waals surface area contributed by atoms with Gasteiger partial charge in [0.25, 0.3) is 4.96 Å². The number of fused-ring (bicyclic) bond motifs is 1. The molecule has 0 unspecified atom stereocenters. The van der Waals surface area contributed by atoms with Crippen molar-refractivity contribution in [1.29, 1.82) is 0 Å². The van der Waals surface area contributed by atoms with Crippen molar-refractivity contribution in [2.45, 2.75) is 0 Å². The van der Waals surface area contributed by atoms with Gasteiger partial charge in [-0.2, -0.15) is 9.38 Å². The number of nitrogens with one attached hydrogen (secondary N) is 1. The van der Waals surface area contributed by atoms with E-state index in [0.717, 1.165) is 4.47 Å². The first kappa shape index (κ1) is 16.4. The van der Waals surface area contributed by atoms with Crippen LogP contribution in [0.4, 0.5) is 17.3 Å². The summed E-state index contributed by atoms with van der Waals surface area (Å²) in [5, 5.41) is 16.1. The Hall–Kier alpha value is -3.05. The van der Waals surface area contributed by atoms with E-state index >= 15 is 0 Å². The number of imidazole rings is 1. The smallest absolute Gasteiger partial charge is 0.373 e. The third-order valence-corrected chi connectivity index (χ3v) is 4.48. The van der Waals surface area contributed by atoms with E-state index in [2.05, 4.69) is 36.2 Å². The summed E-state index contributed by atoms with van der Waals surface area (Å²) in [4.78, 5) is 23.8. The lowest BCUT2D eigenvalue weighted by atomic mass is 10.3. The van der Waals surface area contributed by atoms with Gasteiger partial charge in [0.2, 0.25) is 5.82 Å². The molecule has 0 fully saturated rings. The summed E-state index contributed by atoms with van der Waals surface area (Å²) in [6.45, 7) is 0. The normalized spacial score (nSPS) is 10.8. The van der Waals surface area contributed by atoms with Gasteiger partial charge >= 0.3 is 11.8 Å². The quantitative estimate of drug-likeness (QED) is 0.367. The number of anilines is 2. The SMILES string of the molecule is O=[N+]([O-])c1c(Nc2cccc(Oc3ncc(Br)cn3)c2)nc2sccn12. The average Bonchev–Trinajstić information content (AvgIpc) is 3.17. The Morgan fingerprint density at radius 1 is 1.31 bits per heavy atom. The summed E-state index contributed by atoms with van der Waals surface area (Å²) in [6, 6.07) is 7.12. The zero-order chi connectivity index (χ0) is 18.1. The summed E-state index contributed by atoms with van der Waals surface area (Å²) in [7, 11) is 0. The van der Waals surface area contributed by atoms with Gasteiger partial charge in [0.1, 0.15) is 11.9 Å². The number of aromatic nitrogens is 4. The standard InChI is InChI=1S/C15H9BrN6O3S/c16-9-7-17-14(18-8-9)25-11-3-1-2-10(6-11)19-12-13(22(23)24)21-4-5-26-15(21)20-12/h1-8,19H. The van der Waals surface area contributed by atoms with Crippen LogP contribution in [0.3, 0.4) is 0 Å². The number of benzene rings is 1. The van der Waals surface area contributed by atoms with Gasteiger partial charge in [0.05, 0.1) is 4.47 Å². The molecule has 0 aliphatic rings. The first-order valence-corrected chi connectivity index (χ1v) is 8.90. The molecule has 0 atom stereocenters. The van der Waals surface area contributed by atoms with Crippen LogP contribution in [0, 0.1) is 10.1 Å². The van der Waals surface area contributed by atoms with Crippen molar-refractivity contribution in [2.75, 3.05) is 5.32 Å². The van der Waals surface area contributed by atoms with Gasteiger partial charge in [0, 0.05) is 29.5 Å². The number of ether oxygens (including phenoxy) is 1. The van der Waals surface area contributed by atoms with E-state index in [9.17, 15) is 10.1 Å². The molecule has 0 saturated carbocycles. The van der Waals surface area contributed by atoms with Crippen molar-refractivity contribution in [1.82, 2.24) is 19.4 Å². The molecule has 3 aromatic heterocycles. The lowest BCUT2D eigenvalue weighted by molar-refractivity contribution is -0.389. The molecule has 0 saturated heterocycles. The summed E-state index contributed by atoms with van der Waals surface area (Å²) in [5.74, 6) is 0.531. The van der Waals surface area contributed by atoms with E-state index in [1.54, 1.807) is 48.2 Å². The summed E-state index contributed by atoms with van der Waals surface area (Å²) in [5.41, 5.74) is 0.591. The van der Waals surface area contributed by atoms with Crippen molar-refractivity contribution in [3.63, 3.8) is 0 Å². The molecule has 0 radical (unpaired) electrons. The van der Waals surface area contributed by atoms with Gasteiger partial charge < -0.3 is 20.2 Å². The predicted molar refractivity (Wildman–Crippen MR) is 99.3 cm³/mol. The molecule has 9 nitrogen and oxygen atoms in total. The van der Waals surface area contributed by atoms with Crippen LogP contribution in [0.15, 0.2) is 52.7 Å². The van der Waals surface area contributed by atoms with E-state index in [1.807, 2.05) is 0 Å². The molecule has 0 amide bonds. The number of rotatable bonds is 5. The fraction of sp³-hybridized carbons (Fsp3) is 0. The molecule has 0 aliphatic heterocycles.